The van der Waals surface area contributed by atoms with Crippen LogP contribution >= 0.6 is 23.2 Å². The van der Waals surface area contributed by atoms with Crippen LogP contribution in [0.4, 0.5) is 8.78 Å². The van der Waals surface area contributed by atoms with Gasteiger partial charge in [-0.05, 0) is 18.1 Å². The first kappa shape index (κ1) is 11.6. The van der Waals surface area contributed by atoms with Crippen molar-refractivity contribution >= 4 is 23.2 Å². The molecule has 78 valence electrons. The van der Waals surface area contributed by atoms with Crippen molar-refractivity contribution in [2.45, 2.75) is 18.9 Å². The average molecular weight is 242 g/mol. The van der Waals surface area contributed by atoms with Gasteiger partial charge in [0.25, 0.3) is 6.43 Å². The molecule has 0 aliphatic rings. The number of hydrogen-bond acceptors (Lipinski definition) is 3. The van der Waals surface area contributed by atoms with Crippen molar-refractivity contribution in [1.82, 2.24) is 10.2 Å². The van der Waals surface area contributed by atoms with E-state index < -0.39 is 12.5 Å². The van der Waals surface area contributed by atoms with Crippen LogP contribution in [0.1, 0.15) is 5.56 Å². The highest BCUT2D eigenvalue weighted by atomic mass is 35.5. The topological polar surface area (TPSA) is 51.8 Å². The van der Waals surface area contributed by atoms with Gasteiger partial charge in [-0.2, -0.15) is 0 Å². The molecule has 0 bridgehead atoms. The Hall–Kier alpha value is -0.520. The fourth-order valence-corrected chi connectivity index (χ4v) is 1.21. The van der Waals surface area contributed by atoms with Crippen LogP contribution in [0.3, 0.4) is 0 Å². The molecule has 0 saturated carbocycles. The molecule has 0 aliphatic carbocycles. The first-order chi connectivity index (χ1) is 6.50. The van der Waals surface area contributed by atoms with Crippen molar-refractivity contribution in [1.29, 1.82) is 0 Å². The molecule has 2 N–H and O–H groups in total. The van der Waals surface area contributed by atoms with E-state index in [-0.39, 0.29) is 16.7 Å². The van der Waals surface area contributed by atoms with Gasteiger partial charge in [-0.15, -0.1) is 10.2 Å². The first-order valence-corrected chi connectivity index (χ1v) is 4.47. The molecular weight excluding hydrogens is 235 g/mol. The lowest BCUT2D eigenvalue weighted by molar-refractivity contribution is 0.116. The van der Waals surface area contributed by atoms with Crippen molar-refractivity contribution in [3.63, 3.8) is 0 Å². The fourth-order valence-electron chi connectivity index (χ4n) is 0.874. The van der Waals surface area contributed by atoms with E-state index in [1.165, 1.54) is 6.07 Å². The summed E-state index contributed by atoms with van der Waals surface area (Å²) in [5, 5.41) is 7.07. The normalized spacial score (nSPS) is 13.3. The molecular formula is C7H7Cl2F2N3. The lowest BCUT2D eigenvalue weighted by Crippen LogP contribution is -2.31. The summed E-state index contributed by atoms with van der Waals surface area (Å²) >= 11 is 11.1. The fraction of sp³-hybridized carbons (Fsp3) is 0.429. The van der Waals surface area contributed by atoms with Crippen molar-refractivity contribution in [2.75, 3.05) is 0 Å². The minimum atomic E-state index is -2.60. The molecule has 0 saturated heterocycles. The SMILES string of the molecule is NC(Cc1cc(Cl)nnc1Cl)C(F)F. The number of halogens is 4. The number of alkyl halides is 2. The van der Waals surface area contributed by atoms with E-state index in [0.717, 1.165) is 0 Å². The third-order valence-corrected chi connectivity index (χ3v) is 2.07. The zero-order valence-electron chi connectivity index (χ0n) is 6.92. The van der Waals surface area contributed by atoms with Gasteiger partial charge >= 0.3 is 0 Å². The molecule has 0 amide bonds. The Morgan fingerprint density at radius 2 is 2.00 bits per heavy atom. The number of aromatic nitrogens is 2. The summed E-state index contributed by atoms with van der Waals surface area (Å²) in [5.41, 5.74) is 5.54. The highest BCUT2D eigenvalue weighted by molar-refractivity contribution is 6.31. The molecule has 14 heavy (non-hydrogen) atoms. The van der Waals surface area contributed by atoms with E-state index in [4.69, 9.17) is 28.9 Å². The lowest BCUT2D eigenvalue weighted by Gasteiger charge is -2.10. The highest BCUT2D eigenvalue weighted by Crippen LogP contribution is 2.18. The van der Waals surface area contributed by atoms with Crippen molar-refractivity contribution in [2.24, 2.45) is 5.73 Å². The zero-order valence-corrected chi connectivity index (χ0v) is 8.43. The molecule has 0 radical (unpaired) electrons. The molecule has 0 aliphatic heterocycles. The molecule has 3 nitrogen and oxygen atoms in total. The second kappa shape index (κ2) is 4.82. The second-order valence-electron chi connectivity index (χ2n) is 2.69. The second-order valence-corrected chi connectivity index (χ2v) is 3.43. The predicted molar refractivity (Wildman–Crippen MR) is 49.7 cm³/mol. The number of hydrogen-bond donors (Lipinski definition) is 1. The van der Waals surface area contributed by atoms with E-state index in [0.29, 0.717) is 5.56 Å². The third-order valence-electron chi connectivity index (χ3n) is 1.57. The Balaban J connectivity index is 2.80. The molecule has 0 aromatic carbocycles. The van der Waals surface area contributed by atoms with Crippen LogP contribution in [-0.2, 0) is 6.42 Å². The Morgan fingerprint density at radius 3 is 2.57 bits per heavy atom. The van der Waals surface area contributed by atoms with E-state index in [9.17, 15) is 8.78 Å². The summed E-state index contributed by atoms with van der Waals surface area (Å²) in [6.45, 7) is 0. The summed E-state index contributed by atoms with van der Waals surface area (Å²) in [6.07, 6.45) is -2.68. The molecule has 1 aromatic heterocycles. The monoisotopic (exact) mass is 241 g/mol. The Kier molecular flexibility index (Phi) is 3.97. The van der Waals surface area contributed by atoms with Crippen molar-refractivity contribution < 1.29 is 8.78 Å². The van der Waals surface area contributed by atoms with E-state index in [1.54, 1.807) is 0 Å². The molecule has 0 spiro atoms. The zero-order chi connectivity index (χ0) is 10.7. The Morgan fingerprint density at radius 1 is 1.36 bits per heavy atom. The third kappa shape index (κ3) is 3.01. The highest BCUT2D eigenvalue weighted by Gasteiger charge is 2.17. The standard InChI is InChI=1S/C7H7Cl2F2N3/c8-5-2-3(6(9)14-13-5)1-4(12)7(10)11/h2,4,7H,1,12H2. The van der Waals surface area contributed by atoms with Gasteiger partial charge in [0, 0.05) is 0 Å². The van der Waals surface area contributed by atoms with Crippen LogP contribution in [0.2, 0.25) is 10.3 Å². The number of nitrogens with zero attached hydrogens (tertiary/aromatic N) is 2. The number of nitrogens with two attached hydrogens (primary N) is 1. The maximum Gasteiger partial charge on any atom is 0.253 e. The summed E-state index contributed by atoms with van der Waals surface area (Å²) in [5.74, 6) is 0. The maximum atomic E-state index is 12.1. The summed E-state index contributed by atoms with van der Waals surface area (Å²) in [6, 6.07) is 0.104. The summed E-state index contributed by atoms with van der Waals surface area (Å²) in [7, 11) is 0. The van der Waals surface area contributed by atoms with E-state index in [2.05, 4.69) is 10.2 Å². The largest absolute Gasteiger partial charge is 0.323 e. The lowest BCUT2D eigenvalue weighted by atomic mass is 10.1. The first-order valence-electron chi connectivity index (χ1n) is 3.72. The summed E-state index contributed by atoms with van der Waals surface area (Å²) < 4.78 is 24.2. The van der Waals surface area contributed by atoms with Crippen LogP contribution in [0.5, 0.6) is 0 Å². The Bertz CT molecular complexity index is 322. The van der Waals surface area contributed by atoms with Crippen LogP contribution in [-0.4, -0.2) is 22.7 Å². The maximum absolute atomic E-state index is 12.1. The smallest absolute Gasteiger partial charge is 0.253 e. The molecule has 1 unspecified atom stereocenters. The molecule has 1 atom stereocenters. The minimum Gasteiger partial charge on any atom is -0.323 e. The molecule has 1 rings (SSSR count). The van der Waals surface area contributed by atoms with Crippen molar-refractivity contribution in [3.05, 3.63) is 21.9 Å². The molecule has 0 fully saturated rings. The van der Waals surface area contributed by atoms with Crippen molar-refractivity contribution in [3.8, 4) is 0 Å². The van der Waals surface area contributed by atoms with Crippen LogP contribution in [0.15, 0.2) is 6.07 Å². The van der Waals surface area contributed by atoms with Gasteiger partial charge in [-0.3, -0.25) is 0 Å². The van der Waals surface area contributed by atoms with Gasteiger partial charge in [-0.1, -0.05) is 23.2 Å². The van der Waals surface area contributed by atoms with Crippen LogP contribution < -0.4 is 5.73 Å². The van der Waals surface area contributed by atoms with Crippen LogP contribution in [0, 0.1) is 0 Å². The summed E-state index contributed by atoms with van der Waals surface area (Å²) in [4.78, 5) is 0. The van der Waals surface area contributed by atoms with Crippen LogP contribution in [0.25, 0.3) is 0 Å². The molecule has 1 aromatic rings. The molecule has 1 heterocycles. The Labute approximate surface area is 89.2 Å². The minimum absolute atomic E-state index is 0.0468. The quantitative estimate of drug-likeness (QED) is 0.880. The molecule has 7 heteroatoms. The number of rotatable bonds is 3. The van der Waals surface area contributed by atoms with Gasteiger partial charge in [0.2, 0.25) is 0 Å². The average Bonchev–Trinajstić information content (AvgIpc) is 2.11. The predicted octanol–water partition coefficient (Wildman–Crippen LogP) is 1.92. The van der Waals surface area contributed by atoms with Gasteiger partial charge in [0.1, 0.15) is 0 Å². The van der Waals surface area contributed by atoms with Gasteiger partial charge in [-0.25, -0.2) is 8.78 Å². The van der Waals surface area contributed by atoms with Gasteiger partial charge in [0.05, 0.1) is 6.04 Å². The van der Waals surface area contributed by atoms with E-state index in [1.807, 2.05) is 0 Å². The van der Waals surface area contributed by atoms with E-state index >= 15 is 0 Å². The van der Waals surface area contributed by atoms with Gasteiger partial charge in [0.15, 0.2) is 10.3 Å². The van der Waals surface area contributed by atoms with Gasteiger partial charge < -0.3 is 5.73 Å².